The van der Waals surface area contributed by atoms with Crippen molar-refractivity contribution in [1.29, 1.82) is 0 Å². The standard InChI is InChI=1S/C11H8Br2F4O2/c1-2-19-10(18)8-5(4-12)6(11(15,16)17)3-7(13)9(8)14/h3H,2,4H2,1H3. The van der Waals surface area contributed by atoms with Crippen molar-refractivity contribution in [3.05, 3.63) is 33.0 Å². The SMILES string of the molecule is CCOC(=O)c1c(F)c(Br)cc(C(F)(F)F)c1CBr. The quantitative estimate of drug-likeness (QED) is 0.413. The highest BCUT2D eigenvalue weighted by Gasteiger charge is 2.37. The normalized spacial score (nSPS) is 11.5. The summed E-state index contributed by atoms with van der Waals surface area (Å²) < 4.78 is 56.6. The van der Waals surface area contributed by atoms with Gasteiger partial charge in [-0.3, -0.25) is 0 Å². The minimum atomic E-state index is -4.69. The number of halogens is 6. The molecule has 0 aromatic heterocycles. The summed E-state index contributed by atoms with van der Waals surface area (Å²) in [5, 5.41) is -0.319. The number of carbonyl (C=O) groups is 1. The molecular formula is C11H8Br2F4O2. The molecule has 0 radical (unpaired) electrons. The number of ether oxygens (including phenoxy) is 1. The molecule has 0 bridgehead atoms. The number of hydrogen-bond donors (Lipinski definition) is 0. The van der Waals surface area contributed by atoms with Gasteiger partial charge in [-0.2, -0.15) is 13.2 Å². The van der Waals surface area contributed by atoms with Crippen LogP contribution in [0.2, 0.25) is 0 Å². The third kappa shape index (κ3) is 3.47. The molecule has 8 heteroatoms. The van der Waals surface area contributed by atoms with Crippen molar-refractivity contribution in [3.63, 3.8) is 0 Å². The van der Waals surface area contributed by atoms with Gasteiger partial charge in [0.2, 0.25) is 0 Å². The zero-order valence-corrected chi connectivity index (χ0v) is 12.7. The molecular weight excluding hydrogens is 400 g/mol. The van der Waals surface area contributed by atoms with Crippen molar-refractivity contribution < 1.29 is 27.1 Å². The molecule has 106 valence electrons. The summed E-state index contributed by atoms with van der Waals surface area (Å²) in [6.07, 6.45) is -4.69. The van der Waals surface area contributed by atoms with Gasteiger partial charge in [-0.1, -0.05) is 15.9 Å². The number of hydrogen-bond acceptors (Lipinski definition) is 2. The van der Waals surface area contributed by atoms with E-state index in [0.29, 0.717) is 6.07 Å². The summed E-state index contributed by atoms with van der Waals surface area (Å²) in [7, 11) is 0. The molecule has 0 heterocycles. The number of carbonyl (C=O) groups excluding carboxylic acids is 1. The molecule has 0 spiro atoms. The molecule has 1 aromatic carbocycles. The van der Waals surface area contributed by atoms with Gasteiger partial charge in [-0.15, -0.1) is 0 Å². The summed E-state index contributed by atoms with van der Waals surface area (Å²) in [6, 6.07) is 0.606. The first-order valence-corrected chi connectivity index (χ1v) is 6.96. The van der Waals surface area contributed by atoms with Gasteiger partial charge < -0.3 is 4.74 Å². The van der Waals surface area contributed by atoms with Crippen LogP contribution in [-0.4, -0.2) is 12.6 Å². The summed E-state index contributed by atoms with van der Waals surface area (Å²) in [5.74, 6) is -2.19. The van der Waals surface area contributed by atoms with Crippen molar-refractivity contribution in [1.82, 2.24) is 0 Å². The van der Waals surface area contributed by atoms with Crippen molar-refractivity contribution in [2.24, 2.45) is 0 Å². The number of esters is 1. The minimum Gasteiger partial charge on any atom is -0.462 e. The van der Waals surface area contributed by atoms with Gasteiger partial charge in [0.05, 0.1) is 16.6 Å². The molecule has 0 aliphatic heterocycles. The van der Waals surface area contributed by atoms with Crippen molar-refractivity contribution in [3.8, 4) is 0 Å². The van der Waals surface area contributed by atoms with Gasteiger partial charge in [0.15, 0.2) is 5.82 Å². The van der Waals surface area contributed by atoms with Crippen LogP contribution in [0.3, 0.4) is 0 Å². The number of benzene rings is 1. The molecule has 0 N–H and O–H groups in total. The Morgan fingerprint density at radius 3 is 2.42 bits per heavy atom. The maximum atomic E-state index is 13.9. The second-order valence-corrected chi connectivity index (χ2v) is 4.84. The highest BCUT2D eigenvalue weighted by Crippen LogP contribution is 2.38. The monoisotopic (exact) mass is 406 g/mol. The fraction of sp³-hybridized carbons (Fsp3) is 0.364. The first-order chi connectivity index (χ1) is 8.73. The van der Waals surface area contributed by atoms with E-state index < -0.39 is 39.1 Å². The first kappa shape index (κ1) is 16.4. The Morgan fingerprint density at radius 2 is 2.00 bits per heavy atom. The second kappa shape index (κ2) is 6.21. The van der Waals surface area contributed by atoms with Crippen LogP contribution < -0.4 is 0 Å². The largest absolute Gasteiger partial charge is 0.462 e. The van der Waals surface area contributed by atoms with Crippen LogP contribution >= 0.6 is 31.9 Å². The van der Waals surface area contributed by atoms with E-state index >= 15 is 0 Å². The van der Waals surface area contributed by atoms with E-state index in [-0.39, 0.29) is 11.9 Å². The smallest absolute Gasteiger partial charge is 0.416 e. The zero-order chi connectivity index (χ0) is 14.8. The molecule has 0 aliphatic rings. The highest BCUT2D eigenvalue weighted by atomic mass is 79.9. The third-order valence-electron chi connectivity index (χ3n) is 2.25. The average Bonchev–Trinajstić information content (AvgIpc) is 2.30. The Hall–Kier alpha value is -0.630. The van der Waals surface area contributed by atoms with Gasteiger partial charge in [-0.25, -0.2) is 9.18 Å². The lowest BCUT2D eigenvalue weighted by Gasteiger charge is -2.16. The second-order valence-electron chi connectivity index (χ2n) is 3.43. The van der Waals surface area contributed by atoms with Crippen molar-refractivity contribution >= 4 is 37.8 Å². The Bertz CT molecular complexity index is 500. The van der Waals surface area contributed by atoms with Gasteiger partial charge >= 0.3 is 12.1 Å². The topological polar surface area (TPSA) is 26.3 Å². The minimum absolute atomic E-state index is 0.0616. The van der Waals surface area contributed by atoms with E-state index in [2.05, 4.69) is 36.6 Å². The molecule has 19 heavy (non-hydrogen) atoms. The molecule has 2 nitrogen and oxygen atoms in total. The lowest BCUT2D eigenvalue weighted by Crippen LogP contribution is -2.17. The van der Waals surface area contributed by atoms with Crippen LogP contribution in [0.15, 0.2) is 10.5 Å². The van der Waals surface area contributed by atoms with Crippen LogP contribution in [0.4, 0.5) is 17.6 Å². The lowest BCUT2D eigenvalue weighted by molar-refractivity contribution is -0.138. The molecule has 0 atom stereocenters. The molecule has 0 fully saturated rings. The summed E-state index contributed by atoms with van der Waals surface area (Å²) in [4.78, 5) is 11.6. The number of rotatable bonds is 3. The van der Waals surface area contributed by atoms with Gasteiger partial charge in [0, 0.05) is 5.33 Å². The fourth-order valence-electron chi connectivity index (χ4n) is 1.47. The van der Waals surface area contributed by atoms with Gasteiger partial charge in [0.25, 0.3) is 0 Å². The number of alkyl halides is 4. The Morgan fingerprint density at radius 1 is 1.42 bits per heavy atom. The van der Waals surface area contributed by atoms with Crippen molar-refractivity contribution in [2.75, 3.05) is 6.61 Å². The Labute approximate surface area is 123 Å². The zero-order valence-electron chi connectivity index (χ0n) is 9.58. The van der Waals surface area contributed by atoms with E-state index in [4.69, 9.17) is 0 Å². The van der Waals surface area contributed by atoms with Crippen LogP contribution in [0.25, 0.3) is 0 Å². The lowest BCUT2D eigenvalue weighted by atomic mass is 10.0. The Kier molecular flexibility index (Phi) is 5.37. The van der Waals surface area contributed by atoms with Crippen molar-refractivity contribution in [2.45, 2.75) is 18.4 Å². The molecule has 0 saturated carbocycles. The van der Waals surface area contributed by atoms with E-state index in [0.717, 1.165) is 0 Å². The van der Waals surface area contributed by atoms with E-state index in [1.54, 1.807) is 0 Å². The maximum absolute atomic E-state index is 13.9. The van der Waals surface area contributed by atoms with Crippen LogP contribution in [-0.2, 0) is 16.2 Å². The third-order valence-corrected chi connectivity index (χ3v) is 3.38. The predicted octanol–water partition coefficient (Wildman–Crippen LogP) is 4.68. The molecule has 0 saturated heterocycles. The molecule has 0 unspecified atom stereocenters. The summed E-state index contributed by atoms with van der Waals surface area (Å²) >= 11 is 5.51. The first-order valence-electron chi connectivity index (χ1n) is 5.05. The maximum Gasteiger partial charge on any atom is 0.416 e. The highest BCUT2D eigenvalue weighted by molar-refractivity contribution is 9.10. The molecule has 0 aliphatic carbocycles. The molecule has 1 aromatic rings. The van der Waals surface area contributed by atoms with E-state index in [9.17, 15) is 22.4 Å². The van der Waals surface area contributed by atoms with Gasteiger partial charge in [0.1, 0.15) is 5.56 Å². The Balaban J connectivity index is 3.60. The molecule has 1 rings (SSSR count). The fourth-order valence-corrected chi connectivity index (χ4v) is 2.48. The van der Waals surface area contributed by atoms with Gasteiger partial charge in [-0.05, 0) is 34.5 Å². The van der Waals surface area contributed by atoms with Crippen LogP contribution in [0, 0.1) is 5.82 Å². The van der Waals surface area contributed by atoms with E-state index in [1.165, 1.54) is 6.92 Å². The van der Waals surface area contributed by atoms with E-state index in [1.807, 2.05) is 0 Å². The summed E-state index contributed by atoms with van der Waals surface area (Å²) in [6.45, 7) is 1.42. The average molecular weight is 408 g/mol. The molecule has 0 amide bonds. The summed E-state index contributed by atoms with van der Waals surface area (Å²) in [5.41, 5.74) is -2.27. The van der Waals surface area contributed by atoms with Crippen LogP contribution in [0.1, 0.15) is 28.4 Å². The predicted molar refractivity (Wildman–Crippen MR) is 67.7 cm³/mol. The van der Waals surface area contributed by atoms with Crippen LogP contribution in [0.5, 0.6) is 0 Å².